The Labute approximate surface area is 82.8 Å². The zero-order valence-electron chi connectivity index (χ0n) is 7.88. The van der Waals surface area contributed by atoms with E-state index in [0.717, 1.165) is 6.92 Å². The molecule has 0 saturated carbocycles. The highest BCUT2D eigenvalue weighted by molar-refractivity contribution is 5.86. The summed E-state index contributed by atoms with van der Waals surface area (Å²) >= 11 is 0. The Morgan fingerprint density at radius 3 is 2.13 bits per heavy atom. The molecule has 0 spiro atoms. The minimum Gasteiger partial charge on any atom is -0.476 e. The molecule has 0 radical (unpaired) electrons. The highest BCUT2D eigenvalue weighted by atomic mass is 19.4. The smallest absolute Gasteiger partial charge is 0.435 e. The minimum absolute atomic E-state index is 0.250. The van der Waals surface area contributed by atoms with E-state index in [0.29, 0.717) is 0 Å². The zero-order valence-corrected chi connectivity index (χ0v) is 7.88. The van der Waals surface area contributed by atoms with Crippen molar-refractivity contribution in [3.05, 3.63) is 22.8 Å². The molecule has 1 heterocycles. The maximum absolute atomic E-state index is 12.3. The summed E-state index contributed by atoms with van der Waals surface area (Å²) in [5.41, 5.74) is -2.29. The highest BCUT2D eigenvalue weighted by Crippen LogP contribution is 2.29. The van der Waals surface area contributed by atoms with E-state index in [1.54, 1.807) is 0 Å². The topological polar surface area (TPSA) is 63.1 Å². The van der Waals surface area contributed by atoms with Crippen LogP contribution >= 0.6 is 0 Å². The van der Waals surface area contributed by atoms with E-state index in [2.05, 4.69) is 9.97 Å². The lowest BCUT2D eigenvalue weighted by Gasteiger charge is -2.10. The Kier molecular flexibility index (Phi) is 2.65. The third-order valence-corrected chi connectivity index (χ3v) is 1.72. The number of carbonyl (C=O) groups is 1. The molecular formula is C8H7F3N2O2. The van der Waals surface area contributed by atoms with Crippen molar-refractivity contribution in [1.29, 1.82) is 0 Å². The minimum atomic E-state index is -4.61. The van der Waals surface area contributed by atoms with Crippen LogP contribution in [-0.2, 0) is 6.18 Å². The van der Waals surface area contributed by atoms with Crippen LogP contribution in [0.15, 0.2) is 0 Å². The molecule has 1 rings (SSSR count). The van der Waals surface area contributed by atoms with Crippen LogP contribution in [0.25, 0.3) is 0 Å². The predicted molar refractivity (Wildman–Crippen MR) is 43.5 cm³/mol. The van der Waals surface area contributed by atoms with Crippen molar-refractivity contribution in [2.75, 3.05) is 0 Å². The molecule has 15 heavy (non-hydrogen) atoms. The zero-order chi connectivity index (χ0) is 11.8. The normalized spacial score (nSPS) is 11.5. The molecule has 0 fully saturated rings. The molecule has 0 aromatic carbocycles. The number of halogens is 3. The first-order chi connectivity index (χ1) is 6.73. The third-order valence-electron chi connectivity index (χ3n) is 1.72. The van der Waals surface area contributed by atoms with Gasteiger partial charge in [0, 0.05) is 0 Å². The van der Waals surface area contributed by atoms with Crippen molar-refractivity contribution >= 4 is 5.97 Å². The van der Waals surface area contributed by atoms with Crippen LogP contribution in [0.5, 0.6) is 0 Å². The summed E-state index contributed by atoms with van der Waals surface area (Å²) in [6.07, 6.45) is -4.61. The van der Waals surface area contributed by atoms with E-state index in [-0.39, 0.29) is 5.69 Å². The second kappa shape index (κ2) is 3.48. The van der Waals surface area contributed by atoms with Gasteiger partial charge in [-0.15, -0.1) is 0 Å². The number of carboxylic acid groups (broad SMARTS) is 1. The highest BCUT2D eigenvalue weighted by Gasteiger charge is 2.36. The average Bonchev–Trinajstić information content (AvgIpc) is 2.06. The third kappa shape index (κ3) is 2.23. The van der Waals surface area contributed by atoms with Crippen molar-refractivity contribution in [2.24, 2.45) is 0 Å². The Morgan fingerprint density at radius 1 is 1.20 bits per heavy atom. The van der Waals surface area contributed by atoms with Crippen molar-refractivity contribution in [1.82, 2.24) is 9.97 Å². The monoisotopic (exact) mass is 220 g/mol. The molecule has 1 aromatic heterocycles. The Morgan fingerprint density at radius 2 is 1.73 bits per heavy atom. The molecule has 0 unspecified atom stereocenters. The number of carboxylic acids is 1. The second-order valence-corrected chi connectivity index (χ2v) is 2.89. The molecule has 7 heteroatoms. The number of aromatic nitrogens is 2. The summed E-state index contributed by atoms with van der Waals surface area (Å²) in [4.78, 5) is 17.1. The standard InChI is InChI=1S/C8H7F3N2O2/c1-3-5(7(14)15)12-4(2)6(13-3)8(9,10)11/h1-2H3,(H,14,15). The van der Waals surface area contributed by atoms with Crippen molar-refractivity contribution in [2.45, 2.75) is 20.0 Å². The maximum atomic E-state index is 12.3. The van der Waals surface area contributed by atoms with Crippen LogP contribution in [0.4, 0.5) is 13.2 Å². The van der Waals surface area contributed by atoms with Crippen molar-refractivity contribution in [3.63, 3.8) is 0 Å². The Balaban J connectivity index is 3.39. The van der Waals surface area contributed by atoms with Crippen LogP contribution in [0, 0.1) is 13.8 Å². The first kappa shape index (κ1) is 11.4. The van der Waals surface area contributed by atoms with E-state index < -0.39 is 29.2 Å². The molecule has 4 nitrogen and oxygen atoms in total. The summed E-state index contributed by atoms with van der Waals surface area (Å²) in [7, 11) is 0. The number of alkyl halides is 3. The molecule has 0 bridgehead atoms. The van der Waals surface area contributed by atoms with Crippen LogP contribution in [0.1, 0.15) is 27.6 Å². The van der Waals surface area contributed by atoms with Crippen LogP contribution in [0.3, 0.4) is 0 Å². The van der Waals surface area contributed by atoms with Crippen molar-refractivity contribution in [3.8, 4) is 0 Å². The van der Waals surface area contributed by atoms with E-state index in [1.165, 1.54) is 6.92 Å². The summed E-state index contributed by atoms with van der Waals surface area (Å²) in [5.74, 6) is -1.39. The molecule has 82 valence electrons. The number of rotatable bonds is 1. The van der Waals surface area contributed by atoms with E-state index in [9.17, 15) is 18.0 Å². The van der Waals surface area contributed by atoms with Gasteiger partial charge in [-0.1, -0.05) is 0 Å². The summed E-state index contributed by atoms with van der Waals surface area (Å²) < 4.78 is 36.9. The molecule has 0 aliphatic heterocycles. The van der Waals surface area contributed by atoms with Gasteiger partial charge in [0.2, 0.25) is 0 Å². The number of aromatic carboxylic acids is 1. The maximum Gasteiger partial charge on any atom is 0.435 e. The fourth-order valence-corrected chi connectivity index (χ4v) is 1.07. The number of aryl methyl sites for hydroxylation is 2. The van der Waals surface area contributed by atoms with Gasteiger partial charge in [0.25, 0.3) is 0 Å². The molecule has 0 saturated heterocycles. The lowest BCUT2D eigenvalue weighted by molar-refractivity contribution is -0.142. The van der Waals surface area contributed by atoms with E-state index in [4.69, 9.17) is 5.11 Å². The van der Waals surface area contributed by atoms with Gasteiger partial charge in [-0.3, -0.25) is 0 Å². The summed E-state index contributed by atoms with van der Waals surface area (Å²) in [6.45, 7) is 2.24. The van der Waals surface area contributed by atoms with Gasteiger partial charge in [0.05, 0.1) is 11.4 Å². The summed E-state index contributed by atoms with van der Waals surface area (Å²) in [5, 5.41) is 8.60. The summed E-state index contributed by atoms with van der Waals surface area (Å²) in [6, 6.07) is 0. The first-order valence-corrected chi connectivity index (χ1v) is 3.89. The predicted octanol–water partition coefficient (Wildman–Crippen LogP) is 1.81. The van der Waals surface area contributed by atoms with Gasteiger partial charge >= 0.3 is 12.1 Å². The molecular weight excluding hydrogens is 213 g/mol. The number of nitrogens with zero attached hydrogens (tertiary/aromatic N) is 2. The van der Waals surface area contributed by atoms with Crippen LogP contribution < -0.4 is 0 Å². The Bertz CT molecular complexity index is 415. The van der Waals surface area contributed by atoms with Crippen molar-refractivity contribution < 1.29 is 23.1 Å². The van der Waals surface area contributed by atoms with E-state index >= 15 is 0 Å². The fraction of sp³-hybridized carbons (Fsp3) is 0.375. The quantitative estimate of drug-likeness (QED) is 0.783. The first-order valence-electron chi connectivity index (χ1n) is 3.89. The molecule has 1 N–H and O–H groups in total. The lowest BCUT2D eigenvalue weighted by Crippen LogP contribution is -2.16. The van der Waals surface area contributed by atoms with E-state index in [1.807, 2.05) is 0 Å². The molecule has 0 atom stereocenters. The molecule has 0 aliphatic carbocycles. The van der Waals surface area contributed by atoms with Gasteiger partial charge in [0.1, 0.15) is 0 Å². The number of hydrogen-bond donors (Lipinski definition) is 1. The van der Waals surface area contributed by atoms with Crippen LogP contribution in [0.2, 0.25) is 0 Å². The molecule has 0 aliphatic rings. The molecule has 0 amide bonds. The van der Waals surface area contributed by atoms with Gasteiger partial charge in [-0.2, -0.15) is 13.2 Å². The van der Waals surface area contributed by atoms with Gasteiger partial charge in [0.15, 0.2) is 11.4 Å². The second-order valence-electron chi connectivity index (χ2n) is 2.89. The van der Waals surface area contributed by atoms with Gasteiger partial charge in [-0.25, -0.2) is 14.8 Å². The average molecular weight is 220 g/mol. The Hall–Kier alpha value is -1.66. The fourth-order valence-electron chi connectivity index (χ4n) is 1.07. The van der Waals surface area contributed by atoms with Gasteiger partial charge in [-0.05, 0) is 13.8 Å². The lowest BCUT2D eigenvalue weighted by atomic mass is 10.2. The number of hydrogen-bond acceptors (Lipinski definition) is 3. The van der Waals surface area contributed by atoms with Gasteiger partial charge < -0.3 is 5.11 Å². The van der Waals surface area contributed by atoms with Crippen LogP contribution in [-0.4, -0.2) is 21.0 Å². The molecule has 1 aromatic rings. The largest absolute Gasteiger partial charge is 0.476 e. The SMILES string of the molecule is Cc1nc(C(F)(F)F)c(C)nc1C(=O)O.